The van der Waals surface area contributed by atoms with Gasteiger partial charge < -0.3 is 9.47 Å². The van der Waals surface area contributed by atoms with Crippen LogP contribution in [0.5, 0.6) is 11.5 Å². The predicted octanol–water partition coefficient (Wildman–Crippen LogP) is 2.25. The fourth-order valence-electron chi connectivity index (χ4n) is 1.13. The van der Waals surface area contributed by atoms with E-state index < -0.39 is 6.67 Å². The summed E-state index contributed by atoms with van der Waals surface area (Å²) in [5, 5.41) is 0. The van der Waals surface area contributed by atoms with Crippen LogP contribution in [0.2, 0.25) is 0 Å². The Balaban J connectivity index is 2.87. The molecule has 0 aliphatic rings. The van der Waals surface area contributed by atoms with Crippen molar-refractivity contribution >= 4 is 6.29 Å². The summed E-state index contributed by atoms with van der Waals surface area (Å²) in [5.74, 6) is 0.927. The number of aldehydes is 1. The van der Waals surface area contributed by atoms with Crippen molar-refractivity contribution in [3.63, 3.8) is 0 Å². The summed E-state index contributed by atoms with van der Waals surface area (Å²) < 4.78 is 22.3. The van der Waals surface area contributed by atoms with Crippen LogP contribution in [-0.4, -0.2) is 26.2 Å². The Morgan fingerprint density at radius 1 is 1.33 bits per heavy atom. The van der Waals surface area contributed by atoms with Gasteiger partial charge >= 0.3 is 0 Å². The lowest BCUT2D eigenvalue weighted by Crippen LogP contribution is -2.02. The van der Waals surface area contributed by atoms with Crippen LogP contribution in [0.4, 0.5) is 4.39 Å². The number of ether oxygens (including phenoxy) is 2. The number of carbonyl (C=O) groups is 1. The molecular weight excluding hydrogens is 199 g/mol. The zero-order chi connectivity index (χ0) is 11.1. The van der Waals surface area contributed by atoms with Gasteiger partial charge in [0.15, 0.2) is 11.5 Å². The smallest absolute Gasteiger partial charge is 0.161 e. The summed E-state index contributed by atoms with van der Waals surface area (Å²) in [6, 6.07) is 4.78. The molecule has 0 radical (unpaired) electrons. The molecule has 82 valence electrons. The quantitative estimate of drug-likeness (QED) is 0.678. The SMILES string of the molecule is CCOc1cc(C=O)ccc1OCCF. The first-order valence-corrected chi connectivity index (χ1v) is 4.72. The lowest BCUT2D eigenvalue weighted by molar-refractivity contribution is 0.112. The van der Waals surface area contributed by atoms with Crippen molar-refractivity contribution in [2.45, 2.75) is 6.92 Å². The molecule has 0 saturated heterocycles. The van der Waals surface area contributed by atoms with Crippen LogP contribution in [0.15, 0.2) is 18.2 Å². The van der Waals surface area contributed by atoms with Crippen LogP contribution >= 0.6 is 0 Å². The van der Waals surface area contributed by atoms with Crippen molar-refractivity contribution in [2.75, 3.05) is 19.9 Å². The van der Waals surface area contributed by atoms with Crippen LogP contribution in [-0.2, 0) is 0 Å². The van der Waals surface area contributed by atoms with E-state index in [-0.39, 0.29) is 6.61 Å². The summed E-state index contributed by atoms with van der Waals surface area (Å²) >= 11 is 0. The van der Waals surface area contributed by atoms with Gasteiger partial charge in [-0.05, 0) is 25.1 Å². The fourth-order valence-corrected chi connectivity index (χ4v) is 1.13. The van der Waals surface area contributed by atoms with Gasteiger partial charge in [0.2, 0.25) is 0 Å². The molecule has 0 spiro atoms. The van der Waals surface area contributed by atoms with Crippen molar-refractivity contribution in [1.82, 2.24) is 0 Å². The molecule has 0 unspecified atom stereocenters. The third kappa shape index (κ3) is 3.23. The van der Waals surface area contributed by atoms with Crippen molar-refractivity contribution in [3.8, 4) is 11.5 Å². The maximum atomic E-state index is 11.9. The second kappa shape index (κ2) is 6.01. The third-order valence-electron chi connectivity index (χ3n) is 1.74. The Hall–Kier alpha value is -1.58. The molecule has 0 fully saturated rings. The Morgan fingerprint density at radius 2 is 2.13 bits per heavy atom. The van der Waals surface area contributed by atoms with Gasteiger partial charge in [-0.2, -0.15) is 0 Å². The van der Waals surface area contributed by atoms with Crippen molar-refractivity contribution in [3.05, 3.63) is 23.8 Å². The molecule has 1 rings (SSSR count). The van der Waals surface area contributed by atoms with Gasteiger partial charge in [-0.15, -0.1) is 0 Å². The molecule has 0 heterocycles. The Bertz CT molecular complexity index is 326. The van der Waals surface area contributed by atoms with E-state index in [4.69, 9.17) is 9.47 Å². The van der Waals surface area contributed by atoms with Crippen molar-refractivity contribution in [2.24, 2.45) is 0 Å². The van der Waals surface area contributed by atoms with Gasteiger partial charge in [0.05, 0.1) is 6.61 Å². The molecular formula is C11H13FO3. The minimum atomic E-state index is -0.555. The summed E-state index contributed by atoms with van der Waals surface area (Å²) in [7, 11) is 0. The molecule has 0 amide bonds. The predicted molar refractivity (Wildman–Crippen MR) is 54.5 cm³/mol. The standard InChI is InChI=1S/C11H13FO3/c1-2-14-11-7-9(8-13)3-4-10(11)15-6-5-12/h3-4,7-8H,2,5-6H2,1H3. The highest BCUT2D eigenvalue weighted by Gasteiger charge is 2.05. The van der Waals surface area contributed by atoms with Gasteiger partial charge in [0.25, 0.3) is 0 Å². The first-order chi connectivity index (χ1) is 7.31. The van der Waals surface area contributed by atoms with E-state index in [1.165, 1.54) is 0 Å². The second-order valence-corrected chi connectivity index (χ2v) is 2.79. The van der Waals surface area contributed by atoms with Gasteiger partial charge in [0, 0.05) is 5.56 Å². The maximum Gasteiger partial charge on any atom is 0.161 e. The molecule has 0 bridgehead atoms. The minimum Gasteiger partial charge on any atom is -0.490 e. The number of hydrogen-bond donors (Lipinski definition) is 0. The molecule has 0 atom stereocenters. The van der Waals surface area contributed by atoms with Gasteiger partial charge in [0.1, 0.15) is 19.6 Å². The summed E-state index contributed by atoms with van der Waals surface area (Å²) in [6.45, 7) is 1.72. The molecule has 3 nitrogen and oxygen atoms in total. The second-order valence-electron chi connectivity index (χ2n) is 2.79. The molecule has 0 aliphatic heterocycles. The first kappa shape index (κ1) is 11.5. The summed E-state index contributed by atoms with van der Waals surface area (Å²) in [4.78, 5) is 10.5. The molecule has 0 N–H and O–H groups in total. The summed E-state index contributed by atoms with van der Waals surface area (Å²) in [5.41, 5.74) is 0.506. The highest BCUT2D eigenvalue weighted by molar-refractivity contribution is 5.76. The number of alkyl halides is 1. The molecule has 4 heteroatoms. The van der Waals surface area contributed by atoms with E-state index >= 15 is 0 Å². The van der Waals surface area contributed by atoms with Crippen molar-refractivity contribution in [1.29, 1.82) is 0 Å². The van der Waals surface area contributed by atoms with Gasteiger partial charge in [-0.3, -0.25) is 4.79 Å². The topological polar surface area (TPSA) is 35.5 Å². The Kier molecular flexibility index (Phi) is 4.60. The molecule has 15 heavy (non-hydrogen) atoms. The number of benzene rings is 1. The van der Waals surface area contributed by atoms with Gasteiger partial charge in [-0.25, -0.2) is 4.39 Å². The third-order valence-corrected chi connectivity index (χ3v) is 1.74. The zero-order valence-electron chi connectivity index (χ0n) is 8.53. The van der Waals surface area contributed by atoms with Crippen molar-refractivity contribution < 1.29 is 18.7 Å². The molecule has 1 aromatic carbocycles. The van der Waals surface area contributed by atoms with E-state index in [2.05, 4.69) is 0 Å². The van der Waals surface area contributed by atoms with Crippen LogP contribution < -0.4 is 9.47 Å². The zero-order valence-corrected chi connectivity index (χ0v) is 8.53. The fraction of sp³-hybridized carbons (Fsp3) is 0.364. The summed E-state index contributed by atoms with van der Waals surface area (Å²) in [6.07, 6.45) is 0.724. The maximum absolute atomic E-state index is 11.9. The van der Waals surface area contributed by atoms with Crippen LogP contribution in [0.1, 0.15) is 17.3 Å². The average molecular weight is 212 g/mol. The number of halogens is 1. The van der Waals surface area contributed by atoms with Crippen LogP contribution in [0.25, 0.3) is 0 Å². The van der Waals surface area contributed by atoms with Crippen LogP contribution in [0.3, 0.4) is 0 Å². The largest absolute Gasteiger partial charge is 0.490 e. The normalized spacial score (nSPS) is 9.73. The number of carbonyl (C=O) groups excluding carboxylic acids is 1. The molecule has 0 saturated carbocycles. The van der Waals surface area contributed by atoms with E-state index in [0.717, 1.165) is 6.29 Å². The van der Waals surface area contributed by atoms with Gasteiger partial charge in [-0.1, -0.05) is 0 Å². The average Bonchev–Trinajstić information content (AvgIpc) is 2.27. The van der Waals surface area contributed by atoms with E-state index in [1.807, 2.05) is 6.92 Å². The Labute approximate surface area is 87.8 Å². The first-order valence-electron chi connectivity index (χ1n) is 4.72. The lowest BCUT2D eigenvalue weighted by atomic mass is 10.2. The molecule has 1 aromatic rings. The number of rotatable bonds is 6. The minimum absolute atomic E-state index is 0.0134. The molecule has 0 aliphatic carbocycles. The highest BCUT2D eigenvalue weighted by atomic mass is 19.1. The lowest BCUT2D eigenvalue weighted by Gasteiger charge is -2.10. The molecule has 0 aromatic heterocycles. The Morgan fingerprint density at radius 3 is 2.73 bits per heavy atom. The van der Waals surface area contributed by atoms with E-state index in [9.17, 15) is 9.18 Å². The monoisotopic (exact) mass is 212 g/mol. The highest BCUT2D eigenvalue weighted by Crippen LogP contribution is 2.27. The van der Waals surface area contributed by atoms with E-state index in [0.29, 0.717) is 23.7 Å². The van der Waals surface area contributed by atoms with E-state index in [1.54, 1.807) is 18.2 Å². The number of hydrogen-bond acceptors (Lipinski definition) is 3. The van der Waals surface area contributed by atoms with Crippen LogP contribution in [0, 0.1) is 0 Å².